The molecule has 3 heterocycles. The highest BCUT2D eigenvalue weighted by Gasteiger charge is 2.30. The fraction of sp³-hybridized carbons (Fsp3) is 0.263. The maximum absolute atomic E-state index is 13.1. The van der Waals surface area contributed by atoms with Crippen LogP contribution in [0.25, 0.3) is 5.69 Å². The van der Waals surface area contributed by atoms with E-state index in [0.717, 1.165) is 23.4 Å². The Hall–Kier alpha value is -3.06. The van der Waals surface area contributed by atoms with Crippen LogP contribution in [0, 0.1) is 6.92 Å². The number of carbonyl (C=O) groups excluding carboxylic acids is 1. The first-order chi connectivity index (χ1) is 12.7. The maximum Gasteiger partial charge on any atom is 0.276 e. The zero-order valence-corrected chi connectivity index (χ0v) is 14.5. The van der Waals surface area contributed by atoms with Crippen molar-refractivity contribution in [1.29, 1.82) is 0 Å². The minimum Gasteiger partial charge on any atom is -0.328 e. The van der Waals surface area contributed by atoms with Crippen molar-refractivity contribution in [3.8, 4) is 5.69 Å². The molecule has 0 radical (unpaired) electrons. The molecule has 1 saturated heterocycles. The smallest absolute Gasteiger partial charge is 0.276 e. The zero-order chi connectivity index (χ0) is 17.9. The van der Waals surface area contributed by atoms with Crippen molar-refractivity contribution in [3.05, 3.63) is 71.8 Å². The Morgan fingerprint density at radius 3 is 3.00 bits per heavy atom. The zero-order valence-electron chi connectivity index (χ0n) is 14.5. The van der Waals surface area contributed by atoms with E-state index in [1.165, 1.54) is 0 Å². The van der Waals surface area contributed by atoms with Crippen LogP contribution in [-0.2, 0) is 0 Å². The molecular weight excluding hydrogens is 328 g/mol. The number of aryl methyl sites for hydroxylation is 1. The highest BCUT2D eigenvalue weighted by atomic mass is 16.2. The van der Waals surface area contributed by atoms with E-state index in [9.17, 15) is 4.79 Å². The lowest BCUT2D eigenvalue weighted by Gasteiger charge is -2.35. The number of hydrogen-bond donors (Lipinski definition) is 1. The lowest BCUT2D eigenvalue weighted by atomic mass is 10.0. The van der Waals surface area contributed by atoms with Crippen molar-refractivity contribution < 1.29 is 4.79 Å². The molecular formula is C19H20N6O. The van der Waals surface area contributed by atoms with Gasteiger partial charge >= 0.3 is 0 Å². The second-order valence-electron chi connectivity index (χ2n) is 6.39. The predicted octanol–water partition coefficient (Wildman–Crippen LogP) is 1.76. The molecule has 4 rings (SSSR count). The van der Waals surface area contributed by atoms with E-state index in [1.807, 2.05) is 54.4 Å². The molecule has 0 bridgehead atoms. The van der Waals surface area contributed by atoms with Gasteiger partial charge in [-0.2, -0.15) is 0 Å². The Morgan fingerprint density at radius 2 is 2.19 bits per heavy atom. The van der Waals surface area contributed by atoms with Crippen LogP contribution in [0.1, 0.15) is 27.7 Å². The van der Waals surface area contributed by atoms with Crippen LogP contribution < -0.4 is 5.32 Å². The SMILES string of the molecule is Cc1cccc(-n2cc(C(=O)N3CCNCC3c3cccnc3)nn2)c1. The summed E-state index contributed by atoms with van der Waals surface area (Å²) in [5.74, 6) is -0.112. The fourth-order valence-corrected chi connectivity index (χ4v) is 3.22. The summed E-state index contributed by atoms with van der Waals surface area (Å²) in [6, 6.07) is 11.8. The molecule has 7 nitrogen and oxygen atoms in total. The van der Waals surface area contributed by atoms with E-state index >= 15 is 0 Å². The van der Waals surface area contributed by atoms with Crippen molar-refractivity contribution in [1.82, 2.24) is 30.2 Å². The van der Waals surface area contributed by atoms with Gasteiger partial charge in [-0.05, 0) is 36.2 Å². The molecule has 1 amide bonds. The van der Waals surface area contributed by atoms with Crippen LogP contribution in [0.4, 0.5) is 0 Å². The topological polar surface area (TPSA) is 75.9 Å². The first kappa shape index (κ1) is 16.4. The first-order valence-electron chi connectivity index (χ1n) is 8.63. The lowest BCUT2D eigenvalue weighted by molar-refractivity contribution is 0.0628. The molecule has 1 aromatic carbocycles. The molecule has 0 aliphatic carbocycles. The molecule has 3 aromatic rings. The number of hydrogen-bond acceptors (Lipinski definition) is 5. The van der Waals surface area contributed by atoms with Gasteiger partial charge in [0.15, 0.2) is 5.69 Å². The largest absolute Gasteiger partial charge is 0.328 e. The third kappa shape index (κ3) is 3.21. The molecule has 1 aliphatic heterocycles. The summed E-state index contributed by atoms with van der Waals surface area (Å²) in [5.41, 5.74) is 3.38. The van der Waals surface area contributed by atoms with Crippen LogP contribution in [0.2, 0.25) is 0 Å². The van der Waals surface area contributed by atoms with Gasteiger partial charge in [0.05, 0.1) is 17.9 Å². The molecule has 132 valence electrons. The van der Waals surface area contributed by atoms with Gasteiger partial charge in [-0.15, -0.1) is 5.10 Å². The van der Waals surface area contributed by atoms with Crippen molar-refractivity contribution >= 4 is 5.91 Å². The predicted molar refractivity (Wildman–Crippen MR) is 97.0 cm³/mol. The highest BCUT2D eigenvalue weighted by molar-refractivity contribution is 5.92. The summed E-state index contributed by atoms with van der Waals surface area (Å²) in [4.78, 5) is 19.1. The summed E-state index contributed by atoms with van der Waals surface area (Å²) < 4.78 is 1.64. The molecule has 2 aromatic heterocycles. The van der Waals surface area contributed by atoms with Crippen LogP contribution in [0.3, 0.4) is 0 Å². The average Bonchev–Trinajstić information content (AvgIpc) is 3.18. The molecule has 1 aliphatic rings. The van der Waals surface area contributed by atoms with Crippen LogP contribution in [0.15, 0.2) is 55.0 Å². The maximum atomic E-state index is 13.1. The monoisotopic (exact) mass is 348 g/mol. The van der Waals surface area contributed by atoms with Crippen LogP contribution in [0.5, 0.6) is 0 Å². The minimum atomic E-state index is -0.112. The van der Waals surface area contributed by atoms with Gasteiger partial charge in [0.2, 0.25) is 0 Å². The Morgan fingerprint density at radius 1 is 1.27 bits per heavy atom. The quantitative estimate of drug-likeness (QED) is 0.780. The van der Waals surface area contributed by atoms with Crippen molar-refractivity contribution in [2.45, 2.75) is 13.0 Å². The summed E-state index contributed by atoms with van der Waals surface area (Å²) in [7, 11) is 0. The molecule has 0 spiro atoms. The van der Waals surface area contributed by atoms with Crippen LogP contribution >= 0.6 is 0 Å². The molecule has 7 heteroatoms. The standard InChI is InChI=1S/C19H20N6O/c1-14-4-2-6-16(10-14)25-13-17(22-23-25)19(26)24-9-8-21-12-18(24)15-5-3-7-20-11-15/h2-7,10-11,13,18,21H,8-9,12H2,1H3. The number of carbonyl (C=O) groups is 1. The number of piperazine rings is 1. The molecule has 1 fully saturated rings. The molecule has 0 saturated carbocycles. The number of rotatable bonds is 3. The summed E-state index contributed by atoms with van der Waals surface area (Å²) in [5, 5.41) is 11.6. The van der Waals surface area contributed by atoms with Gasteiger partial charge in [-0.3, -0.25) is 9.78 Å². The van der Waals surface area contributed by atoms with Gasteiger partial charge in [-0.1, -0.05) is 23.4 Å². The van der Waals surface area contributed by atoms with Gasteiger partial charge in [-0.25, -0.2) is 4.68 Å². The molecule has 1 N–H and O–H groups in total. The number of aromatic nitrogens is 4. The second-order valence-corrected chi connectivity index (χ2v) is 6.39. The van der Waals surface area contributed by atoms with Crippen molar-refractivity contribution in [3.63, 3.8) is 0 Å². The summed E-state index contributed by atoms with van der Waals surface area (Å²) >= 11 is 0. The Kier molecular flexibility index (Phi) is 4.45. The Balaban J connectivity index is 1.60. The number of nitrogens with one attached hydrogen (secondary N) is 1. The molecule has 1 atom stereocenters. The highest BCUT2D eigenvalue weighted by Crippen LogP contribution is 2.23. The van der Waals surface area contributed by atoms with E-state index in [2.05, 4.69) is 20.6 Å². The number of pyridine rings is 1. The average molecular weight is 348 g/mol. The normalized spacial score (nSPS) is 17.3. The number of amides is 1. The van der Waals surface area contributed by atoms with Crippen molar-refractivity contribution in [2.24, 2.45) is 0 Å². The van der Waals surface area contributed by atoms with E-state index in [0.29, 0.717) is 18.8 Å². The minimum absolute atomic E-state index is 0.0610. The third-order valence-electron chi connectivity index (χ3n) is 4.55. The van der Waals surface area contributed by atoms with E-state index in [4.69, 9.17) is 0 Å². The lowest BCUT2D eigenvalue weighted by Crippen LogP contribution is -2.48. The Labute approximate surface area is 151 Å². The first-order valence-corrected chi connectivity index (χ1v) is 8.63. The van der Waals surface area contributed by atoms with Crippen LogP contribution in [-0.4, -0.2) is 50.4 Å². The summed E-state index contributed by atoms with van der Waals surface area (Å²) in [6.07, 6.45) is 5.24. The van der Waals surface area contributed by atoms with E-state index in [1.54, 1.807) is 17.1 Å². The number of benzene rings is 1. The second kappa shape index (κ2) is 7.05. The van der Waals surface area contributed by atoms with Gasteiger partial charge in [0, 0.05) is 32.0 Å². The molecule has 1 unspecified atom stereocenters. The third-order valence-corrected chi connectivity index (χ3v) is 4.55. The van der Waals surface area contributed by atoms with Gasteiger partial charge in [0.1, 0.15) is 0 Å². The molecule has 26 heavy (non-hydrogen) atoms. The van der Waals surface area contributed by atoms with Crippen molar-refractivity contribution in [2.75, 3.05) is 19.6 Å². The van der Waals surface area contributed by atoms with E-state index in [-0.39, 0.29) is 11.9 Å². The fourth-order valence-electron chi connectivity index (χ4n) is 3.22. The summed E-state index contributed by atoms with van der Waals surface area (Å²) in [6.45, 7) is 4.10. The Bertz CT molecular complexity index is 907. The van der Waals surface area contributed by atoms with Gasteiger partial charge in [0.25, 0.3) is 5.91 Å². The van der Waals surface area contributed by atoms with E-state index < -0.39 is 0 Å². The van der Waals surface area contributed by atoms with Gasteiger partial charge < -0.3 is 10.2 Å². The number of nitrogens with zero attached hydrogens (tertiary/aromatic N) is 5.